The topological polar surface area (TPSA) is 47.1 Å². The molecule has 1 aromatic carbocycles. The highest BCUT2D eigenvalue weighted by Crippen LogP contribution is 2.24. The maximum atomic E-state index is 13.4. The van der Waals surface area contributed by atoms with Crippen LogP contribution >= 0.6 is 0 Å². The van der Waals surface area contributed by atoms with E-state index in [2.05, 4.69) is 11.9 Å². The van der Waals surface area contributed by atoms with Crippen molar-refractivity contribution >= 4 is 11.6 Å². The van der Waals surface area contributed by atoms with Gasteiger partial charge in [-0.25, -0.2) is 9.37 Å². The maximum Gasteiger partial charge on any atom is 0.209 e. The molecule has 5 heteroatoms. The van der Waals surface area contributed by atoms with Crippen LogP contribution in [0.15, 0.2) is 36.7 Å². The maximum absolute atomic E-state index is 13.4. The molecule has 2 aromatic rings. The number of rotatable bonds is 6. The zero-order chi connectivity index (χ0) is 13.7. The van der Waals surface area contributed by atoms with Gasteiger partial charge in [-0.15, -0.1) is 0 Å². The third-order valence-corrected chi connectivity index (χ3v) is 2.98. The average Bonchev–Trinajstić information content (AvgIpc) is 2.88. The van der Waals surface area contributed by atoms with E-state index in [0.717, 1.165) is 31.1 Å². The molecule has 19 heavy (non-hydrogen) atoms. The van der Waals surface area contributed by atoms with Gasteiger partial charge in [-0.2, -0.15) is 0 Å². The van der Waals surface area contributed by atoms with E-state index in [1.807, 2.05) is 21.7 Å². The molecule has 0 aliphatic carbocycles. The van der Waals surface area contributed by atoms with Crippen LogP contribution in [0.25, 0.3) is 0 Å². The van der Waals surface area contributed by atoms with Gasteiger partial charge in [0.2, 0.25) is 5.95 Å². The van der Waals surface area contributed by atoms with E-state index in [1.54, 1.807) is 12.3 Å². The summed E-state index contributed by atoms with van der Waals surface area (Å²) in [5.74, 6) is 0.575. The van der Waals surface area contributed by atoms with Gasteiger partial charge in [0.15, 0.2) is 0 Å². The molecule has 0 amide bonds. The Morgan fingerprint density at radius 3 is 2.95 bits per heavy atom. The van der Waals surface area contributed by atoms with Gasteiger partial charge >= 0.3 is 0 Å². The monoisotopic (exact) mass is 262 g/mol. The van der Waals surface area contributed by atoms with Crippen molar-refractivity contribution in [3.8, 4) is 0 Å². The Hall–Kier alpha value is -1.88. The second kappa shape index (κ2) is 6.33. The molecular formula is C14H19FN4. The van der Waals surface area contributed by atoms with Gasteiger partial charge in [0.05, 0.1) is 0 Å². The van der Waals surface area contributed by atoms with Gasteiger partial charge < -0.3 is 15.2 Å². The first-order valence-corrected chi connectivity index (χ1v) is 6.50. The first-order chi connectivity index (χ1) is 9.26. The van der Waals surface area contributed by atoms with Crippen LogP contribution in [0.3, 0.4) is 0 Å². The van der Waals surface area contributed by atoms with Crippen LogP contribution in [0.5, 0.6) is 0 Å². The Morgan fingerprint density at radius 1 is 1.42 bits per heavy atom. The number of halogens is 1. The van der Waals surface area contributed by atoms with Crippen molar-refractivity contribution in [2.24, 2.45) is 5.73 Å². The van der Waals surface area contributed by atoms with Gasteiger partial charge in [-0.3, -0.25) is 0 Å². The fourth-order valence-corrected chi connectivity index (χ4v) is 2.03. The predicted octanol–water partition coefficient (Wildman–Crippen LogP) is 2.53. The Bertz CT molecular complexity index is 524. The second-order valence-corrected chi connectivity index (χ2v) is 4.29. The fourth-order valence-electron chi connectivity index (χ4n) is 2.03. The minimum Gasteiger partial charge on any atom is -0.330 e. The molecule has 2 rings (SSSR count). The highest BCUT2D eigenvalue weighted by Gasteiger charge is 2.14. The van der Waals surface area contributed by atoms with Crippen LogP contribution in [0.1, 0.15) is 13.3 Å². The second-order valence-electron chi connectivity index (χ2n) is 4.29. The first-order valence-electron chi connectivity index (χ1n) is 6.50. The lowest BCUT2D eigenvalue weighted by Crippen LogP contribution is -2.24. The van der Waals surface area contributed by atoms with Crippen LogP contribution in [0.4, 0.5) is 16.0 Å². The van der Waals surface area contributed by atoms with Crippen molar-refractivity contribution in [1.29, 1.82) is 0 Å². The molecule has 0 saturated heterocycles. The smallest absolute Gasteiger partial charge is 0.209 e. The van der Waals surface area contributed by atoms with E-state index in [1.165, 1.54) is 12.1 Å². The summed E-state index contributed by atoms with van der Waals surface area (Å²) in [7, 11) is 0. The molecule has 102 valence electrons. The standard InChI is InChI=1S/C14H19FN4/c1-2-18-10-8-17-14(18)19(9-4-7-16)13-6-3-5-12(15)11-13/h3,5-6,8,10-11H,2,4,7,9,16H2,1H3. The van der Waals surface area contributed by atoms with E-state index in [-0.39, 0.29) is 5.82 Å². The quantitative estimate of drug-likeness (QED) is 0.870. The predicted molar refractivity (Wildman–Crippen MR) is 75.0 cm³/mol. The molecule has 0 spiro atoms. The Morgan fingerprint density at radius 2 is 2.26 bits per heavy atom. The molecule has 0 radical (unpaired) electrons. The molecule has 0 atom stereocenters. The summed E-state index contributed by atoms with van der Waals surface area (Å²) in [6, 6.07) is 6.55. The zero-order valence-corrected chi connectivity index (χ0v) is 11.1. The number of aryl methyl sites for hydroxylation is 1. The van der Waals surface area contributed by atoms with Gasteiger partial charge in [-0.1, -0.05) is 6.07 Å². The third-order valence-electron chi connectivity index (χ3n) is 2.98. The van der Waals surface area contributed by atoms with Crippen molar-refractivity contribution in [3.05, 3.63) is 42.5 Å². The lowest BCUT2D eigenvalue weighted by atomic mass is 10.2. The number of imidazole rings is 1. The summed E-state index contributed by atoms with van der Waals surface area (Å²) in [5, 5.41) is 0. The molecule has 1 heterocycles. The Labute approximate surface area is 112 Å². The summed E-state index contributed by atoms with van der Waals surface area (Å²) in [4.78, 5) is 6.37. The van der Waals surface area contributed by atoms with E-state index in [0.29, 0.717) is 6.54 Å². The number of hydrogen-bond acceptors (Lipinski definition) is 3. The lowest BCUT2D eigenvalue weighted by molar-refractivity contribution is 0.626. The largest absolute Gasteiger partial charge is 0.330 e. The third kappa shape index (κ3) is 3.12. The number of benzene rings is 1. The Kier molecular flexibility index (Phi) is 4.52. The lowest BCUT2D eigenvalue weighted by Gasteiger charge is -2.24. The first kappa shape index (κ1) is 13.5. The van der Waals surface area contributed by atoms with Crippen LogP contribution in [0, 0.1) is 5.82 Å². The molecule has 0 saturated carbocycles. The SMILES string of the molecule is CCn1ccnc1N(CCCN)c1cccc(F)c1. The summed E-state index contributed by atoms with van der Waals surface area (Å²) in [6.45, 7) is 4.19. The Balaban J connectivity index is 2.35. The van der Waals surface area contributed by atoms with Gasteiger partial charge in [0.1, 0.15) is 5.82 Å². The van der Waals surface area contributed by atoms with E-state index in [9.17, 15) is 4.39 Å². The average molecular weight is 262 g/mol. The van der Waals surface area contributed by atoms with Gasteiger partial charge in [0, 0.05) is 31.2 Å². The summed E-state index contributed by atoms with van der Waals surface area (Å²) < 4.78 is 15.4. The zero-order valence-electron chi connectivity index (χ0n) is 11.1. The molecule has 0 unspecified atom stereocenters. The number of aromatic nitrogens is 2. The molecule has 4 nitrogen and oxygen atoms in total. The highest BCUT2D eigenvalue weighted by atomic mass is 19.1. The number of nitrogens with two attached hydrogens (primary N) is 1. The molecule has 0 bridgehead atoms. The summed E-state index contributed by atoms with van der Waals surface area (Å²) in [5.41, 5.74) is 6.38. The molecule has 1 aromatic heterocycles. The van der Waals surface area contributed by atoms with Crippen LogP contribution in [0.2, 0.25) is 0 Å². The van der Waals surface area contributed by atoms with E-state index in [4.69, 9.17) is 5.73 Å². The normalized spacial score (nSPS) is 10.7. The summed E-state index contributed by atoms with van der Waals surface area (Å²) in [6.07, 6.45) is 4.50. The molecular weight excluding hydrogens is 243 g/mol. The van der Waals surface area contributed by atoms with Crippen molar-refractivity contribution in [2.45, 2.75) is 19.9 Å². The van der Waals surface area contributed by atoms with Crippen LogP contribution in [-0.2, 0) is 6.54 Å². The highest BCUT2D eigenvalue weighted by molar-refractivity contribution is 5.57. The molecule has 0 fully saturated rings. The van der Waals surface area contributed by atoms with E-state index >= 15 is 0 Å². The minimum atomic E-state index is -0.246. The van der Waals surface area contributed by atoms with Gasteiger partial charge in [0.25, 0.3) is 0 Å². The number of nitrogens with zero attached hydrogens (tertiary/aromatic N) is 3. The molecule has 2 N–H and O–H groups in total. The van der Waals surface area contributed by atoms with Crippen molar-refractivity contribution < 1.29 is 4.39 Å². The van der Waals surface area contributed by atoms with E-state index < -0.39 is 0 Å². The molecule has 0 aliphatic heterocycles. The van der Waals surface area contributed by atoms with Crippen molar-refractivity contribution in [2.75, 3.05) is 18.0 Å². The van der Waals surface area contributed by atoms with Crippen LogP contribution < -0.4 is 10.6 Å². The minimum absolute atomic E-state index is 0.246. The van der Waals surface area contributed by atoms with Crippen molar-refractivity contribution in [1.82, 2.24) is 9.55 Å². The van der Waals surface area contributed by atoms with Crippen molar-refractivity contribution in [3.63, 3.8) is 0 Å². The fraction of sp³-hybridized carbons (Fsp3) is 0.357. The summed E-state index contributed by atoms with van der Waals surface area (Å²) >= 11 is 0. The van der Waals surface area contributed by atoms with Crippen LogP contribution in [-0.4, -0.2) is 22.6 Å². The number of hydrogen-bond donors (Lipinski definition) is 1. The van der Waals surface area contributed by atoms with Gasteiger partial charge in [-0.05, 0) is 38.1 Å². The number of anilines is 2. The molecule has 0 aliphatic rings.